The highest BCUT2D eigenvalue weighted by Crippen LogP contribution is 2.19. The lowest BCUT2D eigenvalue weighted by molar-refractivity contribution is -0.910. The number of methoxy groups -OCH3 is 1. The second kappa shape index (κ2) is 9.67. The molecule has 0 unspecified atom stereocenters. The van der Waals surface area contributed by atoms with Gasteiger partial charge in [0.15, 0.2) is 13.1 Å². The second-order valence-electron chi connectivity index (χ2n) is 5.68. The Morgan fingerprint density at radius 1 is 1.09 bits per heavy atom. The summed E-state index contributed by atoms with van der Waals surface area (Å²) in [5.74, 6) is -0.367. The molecular formula is C17H27BrN2O3. The minimum Gasteiger partial charge on any atom is -1.00 e. The van der Waals surface area contributed by atoms with Gasteiger partial charge in [-0.2, -0.15) is 0 Å². The average molecular weight is 387 g/mol. The van der Waals surface area contributed by atoms with Gasteiger partial charge in [-0.3, -0.25) is 4.79 Å². The highest BCUT2D eigenvalue weighted by atomic mass is 79.9. The minimum atomic E-state index is -0.288. The lowest BCUT2D eigenvalue weighted by Gasteiger charge is -2.34. The number of amides is 1. The molecule has 0 bridgehead atoms. The molecule has 1 aromatic carbocycles. The summed E-state index contributed by atoms with van der Waals surface area (Å²) in [5, 5.41) is 2.99. The lowest BCUT2D eigenvalue weighted by Crippen LogP contribution is -3.00. The zero-order chi connectivity index (χ0) is 16.8. The molecule has 0 heterocycles. The van der Waals surface area contributed by atoms with E-state index in [0.29, 0.717) is 17.6 Å². The van der Waals surface area contributed by atoms with Crippen LogP contribution < -0.4 is 22.3 Å². The summed E-state index contributed by atoms with van der Waals surface area (Å²) in [4.78, 5) is 24.1. The first-order valence-corrected chi connectivity index (χ1v) is 7.65. The topological polar surface area (TPSA) is 55.4 Å². The summed E-state index contributed by atoms with van der Waals surface area (Å²) in [5.41, 5.74) is 2.93. The van der Waals surface area contributed by atoms with Crippen LogP contribution in [0, 0.1) is 13.8 Å². The van der Waals surface area contributed by atoms with Crippen molar-refractivity contribution in [2.75, 3.05) is 38.6 Å². The van der Waals surface area contributed by atoms with E-state index in [0.717, 1.165) is 16.8 Å². The molecule has 0 spiro atoms. The molecule has 0 atom stereocenters. The number of carbonyl (C=O) groups excluding carboxylic acids is 2. The molecule has 1 rings (SSSR count). The number of likely N-dealkylation sites (N-methyl/N-ethyl adjacent to an activating group) is 1. The number of hydrogen-bond donors (Lipinski definition) is 1. The maximum atomic E-state index is 12.4. The SMILES string of the molecule is CC[N+](CC)(CC(=O)Nc1c(C)cccc1C)CC(=O)OC.[Br-]. The maximum absolute atomic E-state index is 12.4. The number of quaternary nitrogens is 1. The number of ether oxygens (including phenoxy) is 1. The Morgan fingerprint density at radius 2 is 1.61 bits per heavy atom. The molecule has 6 heteroatoms. The number of aryl methyl sites for hydroxylation is 2. The highest BCUT2D eigenvalue weighted by Gasteiger charge is 2.30. The van der Waals surface area contributed by atoms with E-state index in [9.17, 15) is 9.59 Å². The summed E-state index contributed by atoms with van der Waals surface area (Å²) in [6.45, 7) is 9.78. The normalized spacial score (nSPS) is 10.7. The maximum Gasteiger partial charge on any atom is 0.361 e. The third-order valence-corrected chi connectivity index (χ3v) is 4.26. The Bertz CT molecular complexity index is 522. The molecular weight excluding hydrogens is 360 g/mol. The Morgan fingerprint density at radius 3 is 2.04 bits per heavy atom. The van der Waals surface area contributed by atoms with Crippen molar-refractivity contribution in [3.05, 3.63) is 29.3 Å². The molecule has 0 aliphatic carbocycles. The summed E-state index contributed by atoms with van der Waals surface area (Å²) >= 11 is 0. The Hall–Kier alpha value is -1.40. The average Bonchev–Trinajstić information content (AvgIpc) is 2.50. The van der Waals surface area contributed by atoms with Crippen molar-refractivity contribution in [1.82, 2.24) is 0 Å². The molecule has 0 aliphatic heterocycles. The molecule has 0 saturated heterocycles. The third kappa shape index (κ3) is 5.95. The van der Waals surface area contributed by atoms with E-state index in [1.165, 1.54) is 7.11 Å². The van der Waals surface area contributed by atoms with Gasteiger partial charge in [-0.1, -0.05) is 18.2 Å². The van der Waals surface area contributed by atoms with Crippen LogP contribution in [0.15, 0.2) is 18.2 Å². The van der Waals surface area contributed by atoms with Crippen molar-refractivity contribution in [3.8, 4) is 0 Å². The Balaban J connectivity index is 0.00000484. The number of halogens is 1. The van der Waals surface area contributed by atoms with Crippen LogP contribution >= 0.6 is 0 Å². The lowest BCUT2D eigenvalue weighted by atomic mass is 10.1. The minimum absolute atomic E-state index is 0. The molecule has 0 fully saturated rings. The zero-order valence-electron chi connectivity index (χ0n) is 14.6. The van der Waals surface area contributed by atoms with E-state index in [-0.39, 0.29) is 41.9 Å². The van der Waals surface area contributed by atoms with E-state index < -0.39 is 0 Å². The summed E-state index contributed by atoms with van der Waals surface area (Å²) < 4.78 is 5.15. The highest BCUT2D eigenvalue weighted by molar-refractivity contribution is 5.93. The number of nitrogens with zero attached hydrogens (tertiary/aromatic N) is 1. The fourth-order valence-electron chi connectivity index (χ4n) is 2.56. The summed E-state index contributed by atoms with van der Waals surface area (Å²) in [7, 11) is 1.37. The molecule has 5 nitrogen and oxygen atoms in total. The first kappa shape index (κ1) is 21.6. The van der Waals surface area contributed by atoms with Gasteiger partial charge in [0.25, 0.3) is 5.91 Å². The first-order valence-electron chi connectivity index (χ1n) is 7.65. The predicted molar refractivity (Wildman–Crippen MR) is 87.6 cm³/mol. The molecule has 0 saturated carbocycles. The van der Waals surface area contributed by atoms with Gasteiger partial charge in [0.1, 0.15) is 0 Å². The molecule has 1 N–H and O–H groups in total. The van der Waals surface area contributed by atoms with E-state index in [1.54, 1.807) is 0 Å². The van der Waals surface area contributed by atoms with Crippen molar-refractivity contribution < 1.29 is 35.8 Å². The van der Waals surface area contributed by atoms with Gasteiger partial charge < -0.3 is 31.5 Å². The van der Waals surface area contributed by atoms with Gasteiger partial charge in [-0.15, -0.1) is 0 Å². The number of nitrogens with one attached hydrogen (secondary N) is 1. The van der Waals surface area contributed by atoms with Gasteiger partial charge in [0.2, 0.25) is 0 Å². The molecule has 1 aromatic rings. The van der Waals surface area contributed by atoms with Gasteiger partial charge in [-0.25, -0.2) is 4.79 Å². The smallest absolute Gasteiger partial charge is 0.361 e. The Labute approximate surface area is 149 Å². The van der Waals surface area contributed by atoms with Crippen molar-refractivity contribution >= 4 is 17.6 Å². The van der Waals surface area contributed by atoms with E-state index >= 15 is 0 Å². The van der Waals surface area contributed by atoms with Crippen LogP contribution in [0.25, 0.3) is 0 Å². The van der Waals surface area contributed by atoms with Crippen molar-refractivity contribution in [2.24, 2.45) is 0 Å². The fraction of sp³-hybridized carbons (Fsp3) is 0.529. The zero-order valence-corrected chi connectivity index (χ0v) is 16.2. The number of carbonyl (C=O) groups is 2. The fourth-order valence-corrected chi connectivity index (χ4v) is 2.56. The van der Waals surface area contributed by atoms with Gasteiger partial charge in [-0.05, 0) is 38.8 Å². The van der Waals surface area contributed by atoms with Crippen LogP contribution in [0.4, 0.5) is 5.69 Å². The summed E-state index contributed by atoms with van der Waals surface area (Å²) in [6.07, 6.45) is 0. The van der Waals surface area contributed by atoms with Crippen LogP contribution in [-0.2, 0) is 14.3 Å². The number of benzene rings is 1. The standard InChI is InChI=1S/C17H26N2O3.BrH/c1-6-19(7-2,12-16(21)22-5)11-15(20)18-17-13(3)9-8-10-14(17)4;/h8-10H,6-7,11-12H2,1-5H3;1H. The van der Waals surface area contributed by atoms with Crippen LogP contribution in [0.3, 0.4) is 0 Å². The second-order valence-corrected chi connectivity index (χ2v) is 5.68. The number of hydrogen-bond acceptors (Lipinski definition) is 3. The van der Waals surface area contributed by atoms with E-state index in [4.69, 9.17) is 4.74 Å². The molecule has 0 aliphatic rings. The predicted octanol–water partition coefficient (Wildman–Crippen LogP) is -0.724. The van der Waals surface area contributed by atoms with Crippen molar-refractivity contribution in [3.63, 3.8) is 0 Å². The number of esters is 1. The quantitative estimate of drug-likeness (QED) is 0.496. The number of anilines is 1. The van der Waals surface area contributed by atoms with Crippen LogP contribution in [0.2, 0.25) is 0 Å². The molecule has 1 amide bonds. The van der Waals surface area contributed by atoms with Gasteiger partial charge >= 0.3 is 5.97 Å². The van der Waals surface area contributed by atoms with E-state index in [2.05, 4.69) is 5.32 Å². The molecule has 0 radical (unpaired) electrons. The van der Waals surface area contributed by atoms with Gasteiger partial charge in [0, 0.05) is 5.69 Å². The van der Waals surface area contributed by atoms with Gasteiger partial charge in [0.05, 0.1) is 20.2 Å². The summed E-state index contributed by atoms with van der Waals surface area (Å²) in [6, 6.07) is 5.91. The van der Waals surface area contributed by atoms with Crippen molar-refractivity contribution in [2.45, 2.75) is 27.7 Å². The molecule has 23 heavy (non-hydrogen) atoms. The van der Waals surface area contributed by atoms with Crippen LogP contribution in [0.1, 0.15) is 25.0 Å². The molecule has 130 valence electrons. The monoisotopic (exact) mass is 386 g/mol. The Kier molecular flexibility index (Phi) is 9.09. The number of para-hydroxylation sites is 1. The van der Waals surface area contributed by atoms with E-state index in [1.807, 2.05) is 45.9 Å². The number of rotatable bonds is 7. The largest absolute Gasteiger partial charge is 1.00 e. The van der Waals surface area contributed by atoms with Crippen LogP contribution in [0.5, 0.6) is 0 Å². The van der Waals surface area contributed by atoms with Crippen molar-refractivity contribution in [1.29, 1.82) is 0 Å². The van der Waals surface area contributed by atoms with Crippen LogP contribution in [-0.4, -0.2) is 49.6 Å². The first-order chi connectivity index (χ1) is 10.4. The third-order valence-electron chi connectivity index (χ3n) is 4.26. The molecule has 0 aromatic heterocycles.